The first-order valence-corrected chi connectivity index (χ1v) is 13.8. The van der Waals surface area contributed by atoms with E-state index in [4.69, 9.17) is 0 Å². The van der Waals surface area contributed by atoms with Gasteiger partial charge in [-0.15, -0.1) is 0 Å². The van der Waals surface area contributed by atoms with Gasteiger partial charge in [-0.3, -0.25) is 27.9 Å². The van der Waals surface area contributed by atoms with Crippen LogP contribution in [-0.4, -0.2) is 37.4 Å². The quantitative estimate of drug-likeness (QED) is 0.345. The maximum atomic E-state index is 13.3. The summed E-state index contributed by atoms with van der Waals surface area (Å²) >= 11 is 0. The van der Waals surface area contributed by atoms with E-state index in [-0.39, 0.29) is 19.1 Å². The molecule has 2 aromatic heterocycles. The van der Waals surface area contributed by atoms with E-state index in [0.29, 0.717) is 59.8 Å². The van der Waals surface area contributed by atoms with Crippen molar-refractivity contribution in [1.29, 1.82) is 10.5 Å². The molecule has 0 amide bonds. The zero-order chi connectivity index (χ0) is 30.7. The van der Waals surface area contributed by atoms with E-state index < -0.39 is 22.5 Å². The molecule has 0 aliphatic carbocycles. The summed E-state index contributed by atoms with van der Waals surface area (Å²) in [6, 6.07) is 20.8. The van der Waals surface area contributed by atoms with Gasteiger partial charge >= 0.3 is 11.4 Å². The highest BCUT2D eigenvalue weighted by Crippen LogP contribution is 2.22. The lowest BCUT2D eigenvalue weighted by Crippen LogP contribution is -2.48. The van der Waals surface area contributed by atoms with Gasteiger partial charge in [0.25, 0.3) is 11.1 Å². The first-order chi connectivity index (χ1) is 20.7. The molecule has 3 heterocycles. The summed E-state index contributed by atoms with van der Waals surface area (Å²) in [6.07, 6.45) is 1.42. The van der Waals surface area contributed by atoms with Gasteiger partial charge in [-0.2, -0.15) is 10.5 Å². The van der Waals surface area contributed by atoms with Crippen molar-refractivity contribution in [1.82, 2.24) is 18.3 Å². The minimum atomic E-state index is -0.521. The number of hydrogen-bond acceptors (Lipinski definition) is 8. The molecule has 4 aromatic rings. The number of aromatic nitrogens is 4. The monoisotopic (exact) mass is 578 g/mol. The van der Waals surface area contributed by atoms with E-state index in [9.17, 15) is 29.7 Å². The Morgan fingerprint density at radius 2 is 1.33 bits per heavy atom. The van der Waals surface area contributed by atoms with Gasteiger partial charge in [0, 0.05) is 45.4 Å². The number of piperidine rings is 1. The zero-order valence-corrected chi connectivity index (χ0v) is 23.9. The van der Waals surface area contributed by atoms with Crippen molar-refractivity contribution in [2.75, 3.05) is 23.3 Å². The molecule has 0 bridgehead atoms. The van der Waals surface area contributed by atoms with Gasteiger partial charge in [0.15, 0.2) is 0 Å². The largest absolute Gasteiger partial charge is 0.367 e. The highest BCUT2D eigenvalue weighted by molar-refractivity contribution is 5.45. The molecule has 1 fully saturated rings. The number of nitrogens with zero attached hydrogens (tertiary/aromatic N) is 7. The fraction of sp³-hybridized carbons (Fsp3) is 0.290. The Labute approximate surface area is 246 Å². The van der Waals surface area contributed by atoms with Crippen LogP contribution in [0.4, 0.5) is 11.6 Å². The molecule has 0 saturated carbocycles. The molecule has 1 N–H and O–H groups in total. The molecular formula is C31H30N8O4. The van der Waals surface area contributed by atoms with Gasteiger partial charge in [0.05, 0.1) is 36.4 Å². The van der Waals surface area contributed by atoms with Gasteiger partial charge in [0.2, 0.25) is 0 Å². The highest BCUT2D eigenvalue weighted by atomic mass is 16.2. The third-order valence-corrected chi connectivity index (χ3v) is 7.81. The molecule has 5 rings (SSSR count). The van der Waals surface area contributed by atoms with Gasteiger partial charge in [-0.1, -0.05) is 36.4 Å². The Morgan fingerprint density at radius 3 is 1.93 bits per heavy atom. The van der Waals surface area contributed by atoms with E-state index in [1.807, 2.05) is 4.90 Å². The number of benzene rings is 2. The summed E-state index contributed by atoms with van der Waals surface area (Å²) in [5, 5.41) is 22.5. The number of nitrogens with one attached hydrogen (secondary N) is 1. The molecule has 43 heavy (non-hydrogen) atoms. The second kappa shape index (κ2) is 12.1. The Bertz CT molecular complexity index is 2020. The molecule has 2 aromatic carbocycles. The second-order valence-electron chi connectivity index (χ2n) is 10.5. The SMILES string of the molecule is Cn1c(=O)cc(NC2CCCN(c3cc(=O)n(C)c(=O)n3Cc3ccccc3C#N)C2)n(Cc2ccccc2C#N)c1=O. The molecule has 1 atom stereocenters. The Kier molecular flexibility index (Phi) is 8.12. The van der Waals surface area contributed by atoms with E-state index in [1.54, 1.807) is 48.5 Å². The summed E-state index contributed by atoms with van der Waals surface area (Å²) in [5.41, 5.74) is 0.224. The van der Waals surface area contributed by atoms with Crippen LogP contribution >= 0.6 is 0 Å². The van der Waals surface area contributed by atoms with E-state index in [0.717, 1.165) is 9.13 Å². The minimum absolute atomic E-state index is 0.0853. The van der Waals surface area contributed by atoms with Gasteiger partial charge in [0.1, 0.15) is 11.6 Å². The van der Waals surface area contributed by atoms with Crippen LogP contribution < -0.4 is 32.7 Å². The minimum Gasteiger partial charge on any atom is -0.367 e. The van der Waals surface area contributed by atoms with Crippen molar-refractivity contribution < 1.29 is 0 Å². The maximum Gasteiger partial charge on any atom is 0.332 e. The van der Waals surface area contributed by atoms with E-state index in [1.165, 1.54) is 35.4 Å². The Morgan fingerprint density at radius 1 is 0.791 bits per heavy atom. The van der Waals surface area contributed by atoms with Crippen molar-refractivity contribution in [2.24, 2.45) is 14.1 Å². The Hall–Kier alpha value is -5.62. The van der Waals surface area contributed by atoms with Crippen molar-refractivity contribution in [3.05, 3.63) is 125 Å². The molecule has 12 nitrogen and oxygen atoms in total. The lowest BCUT2D eigenvalue weighted by Gasteiger charge is -2.36. The van der Waals surface area contributed by atoms with Crippen LogP contribution in [0.25, 0.3) is 0 Å². The van der Waals surface area contributed by atoms with Crippen molar-refractivity contribution in [2.45, 2.75) is 32.0 Å². The molecule has 1 saturated heterocycles. The van der Waals surface area contributed by atoms with Crippen molar-refractivity contribution >= 4 is 11.6 Å². The zero-order valence-electron chi connectivity index (χ0n) is 23.9. The topological polar surface area (TPSA) is 151 Å². The molecule has 1 aliphatic rings. The smallest absolute Gasteiger partial charge is 0.332 e. The first kappa shape index (κ1) is 28.9. The number of nitriles is 2. The normalized spacial score (nSPS) is 14.6. The lowest BCUT2D eigenvalue weighted by atomic mass is 10.1. The standard InChI is InChI=1S/C31H30N8O4/c1-35-28(40)14-26(38(30(35)42)18-23-10-5-3-8-21(23)16-32)34-25-12-7-13-37(20-25)27-15-29(41)36(2)31(43)39(27)19-24-11-6-4-9-22(24)17-33/h3-6,8-11,14-15,25,34H,7,12-13,18-20H2,1-2H3. The molecule has 0 spiro atoms. The van der Waals surface area contributed by atoms with Crippen molar-refractivity contribution in [3.63, 3.8) is 0 Å². The second-order valence-corrected chi connectivity index (χ2v) is 10.5. The van der Waals surface area contributed by atoms with Crippen LogP contribution in [0.3, 0.4) is 0 Å². The van der Waals surface area contributed by atoms with Gasteiger partial charge < -0.3 is 10.2 Å². The van der Waals surface area contributed by atoms with Crippen LogP contribution in [-0.2, 0) is 27.2 Å². The predicted octanol–water partition coefficient (Wildman–Crippen LogP) is 1.33. The molecular weight excluding hydrogens is 548 g/mol. The lowest BCUT2D eigenvalue weighted by molar-refractivity contribution is 0.506. The fourth-order valence-electron chi connectivity index (χ4n) is 5.40. The number of rotatable bonds is 7. The summed E-state index contributed by atoms with van der Waals surface area (Å²) < 4.78 is 4.98. The van der Waals surface area contributed by atoms with Gasteiger partial charge in [-0.05, 0) is 36.1 Å². The first-order valence-electron chi connectivity index (χ1n) is 13.8. The molecule has 1 unspecified atom stereocenters. The molecule has 218 valence electrons. The molecule has 12 heteroatoms. The van der Waals surface area contributed by atoms with Crippen LogP contribution in [0, 0.1) is 22.7 Å². The van der Waals surface area contributed by atoms with E-state index >= 15 is 0 Å². The van der Waals surface area contributed by atoms with Crippen LogP contribution in [0.1, 0.15) is 35.1 Å². The van der Waals surface area contributed by atoms with Gasteiger partial charge in [-0.25, -0.2) is 9.59 Å². The molecule has 1 aliphatic heterocycles. The average molecular weight is 579 g/mol. The summed E-state index contributed by atoms with van der Waals surface area (Å²) in [6.45, 7) is 1.14. The van der Waals surface area contributed by atoms with Crippen LogP contribution in [0.2, 0.25) is 0 Å². The fourth-order valence-corrected chi connectivity index (χ4v) is 5.40. The maximum absolute atomic E-state index is 13.3. The van der Waals surface area contributed by atoms with Crippen molar-refractivity contribution in [3.8, 4) is 12.1 Å². The average Bonchev–Trinajstić information content (AvgIpc) is 3.02. The number of hydrogen-bond donors (Lipinski definition) is 1. The molecule has 0 radical (unpaired) electrons. The third kappa shape index (κ3) is 5.76. The van der Waals surface area contributed by atoms with E-state index in [2.05, 4.69) is 17.5 Å². The summed E-state index contributed by atoms with van der Waals surface area (Å²) in [5.74, 6) is 0.744. The number of anilines is 2. The third-order valence-electron chi connectivity index (χ3n) is 7.81. The summed E-state index contributed by atoms with van der Waals surface area (Å²) in [4.78, 5) is 53.8. The highest BCUT2D eigenvalue weighted by Gasteiger charge is 2.25. The van der Waals surface area contributed by atoms with Crippen LogP contribution in [0.5, 0.6) is 0 Å². The predicted molar refractivity (Wildman–Crippen MR) is 161 cm³/mol. The Balaban J connectivity index is 1.49. The van der Waals surface area contributed by atoms with Crippen LogP contribution in [0.15, 0.2) is 79.8 Å². The summed E-state index contributed by atoms with van der Waals surface area (Å²) in [7, 11) is 2.82.